The number of esters is 1. The average molecular weight is 298 g/mol. The third-order valence-electron chi connectivity index (χ3n) is 3.71. The summed E-state index contributed by atoms with van der Waals surface area (Å²) in [5.41, 5.74) is 1.01. The van der Waals surface area contributed by atoms with Gasteiger partial charge in [0.2, 0.25) is 6.79 Å². The lowest BCUT2D eigenvalue weighted by Gasteiger charge is -2.22. The Morgan fingerprint density at radius 2 is 2.35 bits per heavy atom. The molecule has 0 amide bonds. The Morgan fingerprint density at radius 1 is 1.50 bits per heavy atom. The number of hydrogen-bond acceptors (Lipinski definition) is 5. The van der Waals surface area contributed by atoms with Crippen LogP contribution < -0.4 is 9.47 Å². The van der Waals surface area contributed by atoms with Gasteiger partial charge in [-0.2, -0.15) is 0 Å². The molecule has 1 saturated heterocycles. The fraction of sp³-hybridized carbons (Fsp3) is 0.500. The molecule has 3 rings (SSSR count). The van der Waals surface area contributed by atoms with E-state index in [0.29, 0.717) is 23.1 Å². The van der Waals surface area contributed by atoms with Crippen molar-refractivity contribution in [2.75, 3.05) is 20.4 Å². The SMILES string of the molecule is COC(=O)C1CCCN1Cc1cc(Cl)c2c(c1)OCO2. The lowest BCUT2D eigenvalue weighted by atomic mass is 10.1. The Kier molecular flexibility index (Phi) is 3.72. The molecule has 1 fully saturated rings. The summed E-state index contributed by atoms with van der Waals surface area (Å²) >= 11 is 6.17. The van der Waals surface area contributed by atoms with Crippen LogP contribution in [0.4, 0.5) is 0 Å². The van der Waals surface area contributed by atoms with E-state index in [2.05, 4.69) is 4.90 Å². The quantitative estimate of drug-likeness (QED) is 0.801. The first-order valence-corrected chi connectivity index (χ1v) is 6.96. The van der Waals surface area contributed by atoms with E-state index in [1.165, 1.54) is 7.11 Å². The summed E-state index contributed by atoms with van der Waals surface area (Å²) in [5.74, 6) is 1.09. The monoisotopic (exact) mass is 297 g/mol. The number of benzene rings is 1. The molecule has 2 aliphatic rings. The van der Waals surface area contributed by atoms with Crippen molar-refractivity contribution in [1.29, 1.82) is 0 Å². The molecule has 1 aromatic carbocycles. The van der Waals surface area contributed by atoms with E-state index in [-0.39, 0.29) is 18.8 Å². The standard InChI is InChI=1S/C14H16ClNO4/c1-18-14(17)11-3-2-4-16(11)7-9-5-10(15)13-12(6-9)19-8-20-13/h5-6,11H,2-4,7-8H2,1H3. The number of carbonyl (C=O) groups is 1. The summed E-state index contributed by atoms with van der Waals surface area (Å²) in [6, 6.07) is 3.62. The van der Waals surface area contributed by atoms with Gasteiger partial charge in [0.05, 0.1) is 12.1 Å². The van der Waals surface area contributed by atoms with Gasteiger partial charge in [0.15, 0.2) is 11.5 Å². The van der Waals surface area contributed by atoms with Crippen molar-refractivity contribution in [2.45, 2.75) is 25.4 Å². The number of rotatable bonds is 3. The van der Waals surface area contributed by atoms with Crippen molar-refractivity contribution in [3.05, 3.63) is 22.7 Å². The minimum absolute atomic E-state index is 0.163. The highest BCUT2D eigenvalue weighted by Gasteiger charge is 2.31. The van der Waals surface area contributed by atoms with Gasteiger partial charge in [-0.15, -0.1) is 0 Å². The van der Waals surface area contributed by atoms with Crippen LogP contribution in [0.5, 0.6) is 11.5 Å². The molecular weight excluding hydrogens is 282 g/mol. The van der Waals surface area contributed by atoms with Crippen LogP contribution in [-0.4, -0.2) is 37.4 Å². The molecular formula is C14H16ClNO4. The molecule has 0 saturated carbocycles. The summed E-state index contributed by atoms with van der Waals surface area (Å²) in [5, 5.41) is 0.545. The molecule has 0 aliphatic carbocycles. The van der Waals surface area contributed by atoms with E-state index < -0.39 is 0 Å². The average Bonchev–Trinajstić information content (AvgIpc) is 3.07. The summed E-state index contributed by atoms with van der Waals surface area (Å²) in [6.45, 7) is 1.73. The molecule has 0 bridgehead atoms. The first-order chi connectivity index (χ1) is 9.69. The predicted octanol–water partition coefficient (Wildman–Crippen LogP) is 2.21. The Balaban J connectivity index is 1.78. The molecule has 1 aromatic rings. The van der Waals surface area contributed by atoms with Gasteiger partial charge in [0.1, 0.15) is 6.04 Å². The third-order valence-corrected chi connectivity index (χ3v) is 3.99. The van der Waals surface area contributed by atoms with Gasteiger partial charge in [-0.1, -0.05) is 11.6 Å². The molecule has 2 heterocycles. The van der Waals surface area contributed by atoms with E-state index in [1.807, 2.05) is 12.1 Å². The number of hydrogen-bond donors (Lipinski definition) is 0. The van der Waals surface area contributed by atoms with E-state index in [0.717, 1.165) is 24.9 Å². The van der Waals surface area contributed by atoms with Gasteiger partial charge in [-0.3, -0.25) is 9.69 Å². The normalized spacial score (nSPS) is 21.2. The summed E-state index contributed by atoms with van der Waals surface area (Å²) in [6.07, 6.45) is 1.84. The molecule has 0 radical (unpaired) electrons. The van der Waals surface area contributed by atoms with Crippen molar-refractivity contribution in [3.8, 4) is 11.5 Å². The number of likely N-dealkylation sites (tertiary alicyclic amines) is 1. The Morgan fingerprint density at radius 3 is 3.15 bits per heavy atom. The lowest BCUT2D eigenvalue weighted by molar-refractivity contribution is -0.146. The fourth-order valence-corrected chi connectivity index (χ4v) is 3.05. The zero-order valence-corrected chi connectivity index (χ0v) is 12.0. The number of halogens is 1. The Labute approximate surface area is 122 Å². The van der Waals surface area contributed by atoms with Gasteiger partial charge in [0.25, 0.3) is 0 Å². The molecule has 0 spiro atoms. The van der Waals surface area contributed by atoms with Crippen molar-refractivity contribution in [2.24, 2.45) is 0 Å². The Hall–Kier alpha value is -1.46. The first kappa shape index (κ1) is 13.5. The van der Waals surface area contributed by atoms with Crippen LogP contribution in [-0.2, 0) is 16.1 Å². The van der Waals surface area contributed by atoms with Crippen molar-refractivity contribution in [1.82, 2.24) is 4.90 Å². The van der Waals surface area contributed by atoms with Crippen LogP contribution in [0, 0.1) is 0 Å². The molecule has 108 valence electrons. The third kappa shape index (κ3) is 2.43. The summed E-state index contributed by atoms with van der Waals surface area (Å²) in [4.78, 5) is 13.8. The van der Waals surface area contributed by atoms with Crippen LogP contribution in [0.2, 0.25) is 5.02 Å². The topological polar surface area (TPSA) is 48.0 Å². The molecule has 20 heavy (non-hydrogen) atoms. The molecule has 1 unspecified atom stereocenters. The maximum atomic E-state index is 11.7. The van der Waals surface area contributed by atoms with Gasteiger partial charge < -0.3 is 14.2 Å². The van der Waals surface area contributed by atoms with Gasteiger partial charge in [-0.25, -0.2) is 0 Å². The lowest BCUT2D eigenvalue weighted by Crippen LogP contribution is -2.36. The van der Waals surface area contributed by atoms with E-state index >= 15 is 0 Å². The maximum Gasteiger partial charge on any atom is 0.323 e. The van der Waals surface area contributed by atoms with Crippen molar-refractivity contribution >= 4 is 17.6 Å². The van der Waals surface area contributed by atoms with E-state index in [4.69, 9.17) is 25.8 Å². The highest BCUT2D eigenvalue weighted by Crippen LogP contribution is 2.40. The number of ether oxygens (including phenoxy) is 3. The first-order valence-electron chi connectivity index (χ1n) is 6.59. The van der Waals surface area contributed by atoms with E-state index in [1.54, 1.807) is 0 Å². The van der Waals surface area contributed by atoms with E-state index in [9.17, 15) is 4.79 Å². The fourth-order valence-electron chi connectivity index (χ4n) is 2.76. The molecule has 5 nitrogen and oxygen atoms in total. The molecule has 0 aromatic heterocycles. The number of carbonyl (C=O) groups excluding carboxylic acids is 1. The molecule has 1 atom stereocenters. The van der Waals surface area contributed by atoms with Crippen LogP contribution in [0.25, 0.3) is 0 Å². The highest BCUT2D eigenvalue weighted by molar-refractivity contribution is 6.32. The van der Waals surface area contributed by atoms with Gasteiger partial charge in [-0.05, 0) is 37.1 Å². The highest BCUT2D eigenvalue weighted by atomic mass is 35.5. The molecule has 2 aliphatic heterocycles. The smallest absolute Gasteiger partial charge is 0.323 e. The summed E-state index contributed by atoms with van der Waals surface area (Å²) < 4.78 is 15.5. The van der Waals surface area contributed by atoms with Crippen molar-refractivity contribution in [3.63, 3.8) is 0 Å². The van der Waals surface area contributed by atoms with Crippen LogP contribution in [0.15, 0.2) is 12.1 Å². The molecule has 0 N–H and O–H groups in total. The number of methoxy groups -OCH3 is 1. The van der Waals surface area contributed by atoms with Gasteiger partial charge in [0, 0.05) is 6.54 Å². The minimum atomic E-state index is -0.172. The maximum absolute atomic E-state index is 11.7. The molecule has 6 heteroatoms. The second-order valence-electron chi connectivity index (χ2n) is 4.96. The minimum Gasteiger partial charge on any atom is -0.468 e. The van der Waals surface area contributed by atoms with Crippen LogP contribution >= 0.6 is 11.6 Å². The largest absolute Gasteiger partial charge is 0.468 e. The van der Waals surface area contributed by atoms with Gasteiger partial charge >= 0.3 is 5.97 Å². The Bertz CT molecular complexity index is 534. The second kappa shape index (κ2) is 5.50. The predicted molar refractivity (Wildman–Crippen MR) is 73.0 cm³/mol. The van der Waals surface area contributed by atoms with Crippen LogP contribution in [0.3, 0.4) is 0 Å². The number of nitrogens with zero attached hydrogens (tertiary/aromatic N) is 1. The summed E-state index contributed by atoms with van der Waals surface area (Å²) in [7, 11) is 1.43. The second-order valence-corrected chi connectivity index (χ2v) is 5.37. The zero-order chi connectivity index (χ0) is 14.1. The van der Waals surface area contributed by atoms with Crippen molar-refractivity contribution < 1.29 is 19.0 Å². The zero-order valence-electron chi connectivity index (χ0n) is 11.2. The van der Waals surface area contributed by atoms with Crippen LogP contribution in [0.1, 0.15) is 18.4 Å². The number of fused-ring (bicyclic) bond motifs is 1.